The first-order chi connectivity index (χ1) is 14.7. The van der Waals surface area contributed by atoms with Crippen molar-refractivity contribution in [3.05, 3.63) is 76.9 Å². The summed E-state index contributed by atoms with van der Waals surface area (Å²) in [4.78, 5) is 0. The molecule has 0 radical (unpaired) electrons. The van der Waals surface area contributed by atoms with Gasteiger partial charge in [0.05, 0.1) is 0 Å². The summed E-state index contributed by atoms with van der Waals surface area (Å²) in [5.41, 5.74) is 4.12. The van der Waals surface area contributed by atoms with E-state index < -0.39 is 0 Å². The van der Waals surface area contributed by atoms with Crippen LogP contribution >= 0.6 is 0 Å². The van der Waals surface area contributed by atoms with E-state index in [1.165, 1.54) is 44.1 Å². The second-order valence-electron chi connectivity index (χ2n) is 8.62. The molecule has 30 heavy (non-hydrogen) atoms. The monoisotopic (exact) mass is 402 g/mol. The van der Waals surface area contributed by atoms with Gasteiger partial charge in [0.1, 0.15) is 5.83 Å². The van der Waals surface area contributed by atoms with Crippen LogP contribution in [0.4, 0.5) is 4.39 Å². The lowest BCUT2D eigenvalue weighted by Crippen LogP contribution is -2.14. The van der Waals surface area contributed by atoms with E-state index in [0.717, 1.165) is 36.3 Å². The van der Waals surface area contributed by atoms with Crippen molar-refractivity contribution < 1.29 is 4.39 Å². The van der Waals surface area contributed by atoms with Gasteiger partial charge in [-0.25, -0.2) is 4.39 Å². The maximum absolute atomic E-state index is 14.2. The van der Waals surface area contributed by atoms with Crippen molar-refractivity contribution in [2.45, 2.75) is 77.6 Å². The van der Waals surface area contributed by atoms with Gasteiger partial charge in [-0.1, -0.05) is 75.3 Å². The Morgan fingerprint density at radius 1 is 0.933 bits per heavy atom. The molecule has 1 aliphatic carbocycles. The van der Waals surface area contributed by atoms with Crippen molar-refractivity contribution in [1.82, 2.24) is 0 Å². The molecule has 0 N–H and O–H groups in total. The fourth-order valence-electron chi connectivity index (χ4n) is 4.54. The van der Waals surface area contributed by atoms with Gasteiger partial charge in [0.25, 0.3) is 0 Å². The molecule has 1 heteroatoms. The maximum atomic E-state index is 14.2. The molecule has 2 aromatic carbocycles. The number of benzene rings is 2. The predicted molar refractivity (Wildman–Crippen MR) is 127 cm³/mol. The van der Waals surface area contributed by atoms with E-state index in [2.05, 4.69) is 50.0 Å². The SMILES string of the molecule is CCCC/C=C(/F)c1ccc(C#Cc2ccccc2C2CCC(CCC)CC2)cc1. The molecule has 1 aliphatic rings. The summed E-state index contributed by atoms with van der Waals surface area (Å²) < 4.78 is 14.2. The Morgan fingerprint density at radius 3 is 2.37 bits per heavy atom. The van der Waals surface area contributed by atoms with E-state index in [9.17, 15) is 4.39 Å². The molecule has 158 valence electrons. The van der Waals surface area contributed by atoms with Crippen molar-refractivity contribution >= 4 is 5.83 Å². The molecule has 0 atom stereocenters. The highest BCUT2D eigenvalue weighted by atomic mass is 19.1. The second kappa shape index (κ2) is 11.8. The van der Waals surface area contributed by atoms with Crippen LogP contribution in [0.2, 0.25) is 0 Å². The van der Waals surface area contributed by atoms with Crippen LogP contribution in [0.25, 0.3) is 5.83 Å². The van der Waals surface area contributed by atoms with Gasteiger partial charge in [-0.15, -0.1) is 0 Å². The van der Waals surface area contributed by atoms with E-state index >= 15 is 0 Å². The van der Waals surface area contributed by atoms with Gasteiger partial charge in [-0.05, 0) is 80.2 Å². The minimum Gasteiger partial charge on any atom is -0.207 e. The summed E-state index contributed by atoms with van der Waals surface area (Å²) in [7, 11) is 0. The molecule has 3 rings (SSSR count). The highest BCUT2D eigenvalue weighted by Gasteiger charge is 2.23. The quantitative estimate of drug-likeness (QED) is 0.321. The Labute approximate surface area is 182 Å². The fourth-order valence-corrected chi connectivity index (χ4v) is 4.54. The first-order valence-corrected chi connectivity index (χ1v) is 11.8. The largest absolute Gasteiger partial charge is 0.207 e. The van der Waals surface area contributed by atoms with E-state index in [1.54, 1.807) is 6.08 Å². The first-order valence-electron chi connectivity index (χ1n) is 11.8. The Balaban J connectivity index is 1.69. The van der Waals surface area contributed by atoms with Crippen molar-refractivity contribution in [3.8, 4) is 11.8 Å². The molecule has 0 aliphatic heterocycles. The minimum atomic E-state index is -0.132. The topological polar surface area (TPSA) is 0 Å². The van der Waals surface area contributed by atoms with E-state index in [1.807, 2.05) is 24.3 Å². The van der Waals surface area contributed by atoms with E-state index in [4.69, 9.17) is 0 Å². The summed E-state index contributed by atoms with van der Waals surface area (Å²) >= 11 is 0. The summed E-state index contributed by atoms with van der Waals surface area (Å²) in [6.45, 7) is 4.41. The molecule has 0 aromatic heterocycles. The van der Waals surface area contributed by atoms with E-state index in [-0.39, 0.29) is 5.83 Å². The van der Waals surface area contributed by atoms with Crippen molar-refractivity contribution in [1.29, 1.82) is 0 Å². The summed E-state index contributed by atoms with van der Waals surface area (Å²) in [5, 5.41) is 0. The average Bonchev–Trinajstić information content (AvgIpc) is 2.79. The van der Waals surface area contributed by atoms with Gasteiger partial charge in [0.2, 0.25) is 0 Å². The zero-order valence-electron chi connectivity index (χ0n) is 18.6. The van der Waals surface area contributed by atoms with E-state index in [0.29, 0.717) is 11.5 Å². The molecule has 2 aromatic rings. The Kier molecular flexibility index (Phi) is 8.76. The summed E-state index contributed by atoms with van der Waals surface area (Å²) in [6.07, 6.45) is 12.5. The van der Waals surface area contributed by atoms with Gasteiger partial charge < -0.3 is 0 Å². The van der Waals surface area contributed by atoms with Crippen LogP contribution < -0.4 is 0 Å². The third kappa shape index (κ3) is 6.33. The Morgan fingerprint density at radius 2 is 1.67 bits per heavy atom. The lowest BCUT2D eigenvalue weighted by molar-refractivity contribution is 0.308. The molecule has 0 saturated heterocycles. The second-order valence-corrected chi connectivity index (χ2v) is 8.62. The van der Waals surface area contributed by atoms with Gasteiger partial charge >= 0.3 is 0 Å². The molecule has 1 fully saturated rings. The highest BCUT2D eigenvalue weighted by Crippen LogP contribution is 2.38. The molecule has 0 unspecified atom stereocenters. The zero-order chi connectivity index (χ0) is 21.2. The molecular formula is C29H35F. The molecule has 0 spiro atoms. The Hall–Kier alpha value is -2.33. The fraction of sp³-hybridized carbons (Fsp3) is 0.448. The van der Waals surface area contributed by atoms with Crippen LogP contribution in [-0.4, -0.2) is 0 Å². The smallest absolute Gasteiger partial charge is 0.126 e. The number of unbranched alkanes of at least 4 members (excludes halogenated alkanes) is 2. The van der Waals surface area contributed by atoms with Crippen LogP contribution in [0, 0.1) is 17.8 Å². The van der Waals surface area contributed by atoms with Gasteiger partial charge in [-0.3, -0.25) is 0 Å². The predicted octanol–water partition coefficient (Wildman–Crippen LogP) is 8.66. The molecule has 0 heterocycles. The van der Waals surface area contributed by atoms with Gasteiger partial charge in [0, 0.05) is 16.7 Å². The normalized spacial score (nSPS) is 19.2. The molecule has 0 bridgehead atoms. The van der Waals surface area contributed by atoms with Crippen molar-refractivity contribution in [2.24, 2.45) is 5.92 Å². The lowest BCUT2D eigenvalue weighted by atomic mass is 9.76. The molecule has 0 amide bonds. The summed E-state index contributed by atoms with van der Waals surface area (Å²) in [5.74, 6) is 8.11. The maximum Gasteiger partial charge on any atom is 0.126 e. The van der Waals surface area contributed by atoms with Crippen molar-refractivity contribution in [2.75, 3.05) is 0 Å². The average molecular weight is 403 g/mol. The third-order valence-corrected chi connectivity index (χ3v) is 6.33. The van der Waals surface area contributed by atoms with Crippen molar-refractivity contribution in [3.63, 3.8) is 0 Å². The van der Waals surface area contributed by atoms with Crippen LogP contribution in [-0.2, 0) is 0 Å². The molecular weight excluding hydrogens is 367 g/mol. The molecule has 1 saturated carbocycles. The zero-order valence-corrected chi connectivity index (χ0v) is 18.6. The third-order valence-electron chi connectivity index (χ3n) is 6.33. The lowest BCUT2D eigenvalue weighted by Gasteiger charge is -2.29. The number of halogens is 1. The minimum absolute atomic E-state index is 0.132. The highest BCUT2D eigenvalue weighted by molar-refractivity contribution is 5.60. The Bertz CT molecular complexity index is 871. The van der Waals surface area contributed by atoms with Crippen LogP contribution in [0.1, 0.15) is 99.8 Å². The van der Waals surface area contributed by atoms with Gasteiger partial charge in [-0.2, -0.15) is 0 Å². The number of hydrogen-bond donors (Lipinski definition) is 0. The van der Waals surface area contributed by atoms with Crippen LogP contribution in [0.5, 0.6) is 0 Å². The standard InChI is InChI=1S/C29H35F/c1-3-5-6-12-29(30)27-21-16-24(17-22-27)15-18-25-10-7-8-11-28(25)26-19-13-23(9-4-2)14-20-26/h7-8,10-12,16-17,21-23,26H,3-6,9,13-14,19-20H2,1-2H3/b29-12+. The number of hydrogen-bond acceptors (Lipinski definition) is 0. The first kappa shape index (κ1) is 22.4. The van der Waals surface area contributed by atoms with Gasteiger partial charge in [0.15, 0.2) is 0 Å². The molecule has 0 nitrogen and oxygen atoms in total. The summed E-state index contributed by atoms with van der Waals surface area (Å²) in [6, 6.07) is 16.1. The number of allylic oxidation sites excluding steroid dienone is 1. The van der Waals surface area contributed by atoms with Crippen LogP contribution in [0.15, 0.2) is 54.6 Å². The van der Waals surface area contributed by atoms with Crippen LogP contribution in [0.3, 0.4) is 0 Å². The number of rotatable bonds is 7.